The van der Waals surface area contributed by atoms with Gasteiger partial charge in [-0.05, 0) is 30.7 Å². The summed E-state index contributed by atoms with van der Waals surface area (Å²) in [5.74, 6) is -0.268. The van der Waals surface area contributed by atoms with Crippen molar-refractivity contribution in [3.8, 4) is 0 Å². The number of ketones is 1. The lowest BCUT2D eigenvalue weighted by molar-refractivity contribution is -0.122. The van der Waals surface area contributed by atoms with Crippen LogP contribution in [0.25, 0.3) is 0 Å². The number of Topliss-reactive ketones (excluding diaryl/α,β-unsaturated/α-hetero) is 1. The molecule has 1 N–H and O–H groups in total. The molecule has 0 fully saturated rings. The quantitative estimate of drug-likeness (QED) is 0.856. The van der Waals surface area contributed by atoms with Gasteiger partial charge in [-0.2, -0.15) is 0 Å². The Bertz CT molecular complexity index is 893. The summed E-state index contributed by atoms with van der Waals surface area (Å²) in [6.07, 6.45) is -0.558. The van der Waals surface area contributed by atoms with Gasteiger partial charge in [-0.15, -0.1) is 0 Å². The number of fused-ring (bicyclic) bond motifs is 1. The van der Waals surface area contributed by atoms with E-state index in [1.54, 1.807) is 43.1 Å². The summed E-state index contributed by atoms with van der Waals surface area (Å²) >= 11 is 0. The van der Waals surface area contributed by atoms with Crippen molar-refractivity contribution in [2.24, 2.45) is 0 Å². The number of nitrogens with zero attached hydrogens (tertiary/aromatic N) is 1. The maximum atomic E-state index is 12.9. The normalized spacial score (nSPS) is 18.4. The van der Waals surface area contributed by atoms with E-state index < -0.39 is 11.5 Å². The van der Waals surface area contributed by atoms with E-state index in [-0.39, 0.29) is 18.1 Å². The molecule has 6 heteroatoms. The van der Waals surface area contributed by atoms with Crippen LogP contribution in [0.2, 0.25) is 0 Å². The van der Waals surface area contributed by atoms with Crippen LogP contribution in [0.4, 0.5) is 16.2 Å². The zero-order valence-corrected chi connectivity index (χ0v) is 14.9. The number of carbonyl (C=O) groups is 3. The molecule has 0 radical (unpaired) electrons. The maximum Gasteiger partial charge on any atom is 0.411 e. The Morgan fingerprint density at radius 3 is 2.62 bits per heavy atom. The highest BCUT2D eigenvalue weighted by Gasteiger charge is 2.47. The molecule has 2 amide bonds. The van der Waals surface area contributed by atoms with E-state index in [2.05, 4.69) is 10.1 Å². The Kier molecular flexibility index (Phi) is 4.50. The molecule has 134 valence electrons. The summed E-state index contributed by atoms with van der Waals surface area (Å²) in [4.78, 5) is 38.6. The van der Waals surface area contributed by atoms with Crippen LogP contribution in [0, 0.1) is 0 Å². The van der Waals surface area contributed by atoms with Gasteiger partial charge in [-0.1, -0.05) is 30.3 Å². The van der Waals surface area contributed by atoms with Crippen molar-refractivity contribution < 1.29 is 19.1 Å². The molecule has 1 atom stereocenters. The fourth-order valence-corrected chi connectivity index (χ4v) is 3.36. The first-order valence-corrected chi connectivity index (χ1v) is 8.22. The van der Waals surface area contributed by atoms with Crippen LogP contribution >= 0.6 is 0 Å². The van der Waals surface area contributed by atoms with Gasteiger partial charge >= 0.3 is 6.09 Å². The van der Waals surface area contributed by atoms with E-state index in [1.165, 1.54) is 7.11 Å². The number of nitrogens with one attached hydrogen (secondary N) is 1. The molecule has 1 heterocycles. The Morgan fingerprint density at radius 1 is 1.15 bits per heavy atom. The molecule has 1 aliphatic rings. The van der Waals surface area contributed by atoms with Crippen LogP contribution in [-0.2, 0) is 14.9 Å². The second-order valence-electron chi connectivity index (χ2n) is 6.51. The standard InChI is InChI=1S/C20H20N2O4/c1-20(15-9-4-5-10-16(15)22(2)18(20)24)12-17(23)13-7-6-8-14(11-13)21-19(25)26-3/h4-11H,12H2,1-3H3,(H,21,25). The number of carbonyl (C=O) groups excluding carboxylic acids is 3. The topological polar surface area (TPSA) is 75.7 Å². The molecular formula is C20H20N2O4. The minimum Gasteiger partial charge on any atom is -0.453 e. The molecule has 0 aliphatic carbocycles. The van der Waals surface area contributed by atoms with Gasteiger partial charge in [-0.3, -0.25) is 14.9 Å². The minimum atomic E-state index is -0.909. The average Bonchev–Trinajstić information content (AvgIpc) is 2.84. The number of hydrogen-bond donors (Lipinski definition) is 1. The van der Waals surface area contributed by atoms with Crippen LogP contribution < -0.4 is 10.2 Å². The second-order valence-corrected chi connectivity index (χ2v) is 6.51. The second kappa shape index (κ2) is 6.63. The smallest absolute Gasteiger partial charge is 0.411 e. The molecule has 6 nitrogen and oxygen atoms in total. The van der Waals surface area contributed by atoms with Gasteiger partial charge in [0.05, 0.1) is 12.5 Å². The third-order valence-electron chi connectivity index (χ3n) is 4.77. The Morgan fingerprint density at radius 2 is 1.88 bits per heavy atom. The molecular weight excluding hydrogens is 332 g/mol. The predicted molar refractivity (Wildman–Crippen MR) is 98.6 cm³/mol. The van der Waals surface area contributed by atoms with Crippen molar-refractivity contribution in [2.75, 3.05) is 24.4 Å². The van der Waals surface area contributed by atoms with Crippen LogP contribution in [0.1, 0.15) is 29.3 Å². The molecule has 0 saturated heterocycles. The summed E-state index contributed by atoms with van der Waals surface area (Å²) in [7, 11) is 2.99. The number of anilines is 2. The van der Waals surface area contributed by atoms with E-state index in [4.69, 9.17) is 0 Å². The van der Waals surface area contributed by atoms with Crippen molar-refractivity contribution in [3.05, 3.63) is 59.7 Å². The first-order chi connectivity index (χ1) is 12.4. The van der Waals surface area contributed by atoms with Gasteiger partial charge < -0.3 is 9.64 Å². The van der Waals surface area contributed by atoms with Crippen LogP contribution in [0.15, 0.2) is 48.5 Å². The summed E-state index contributed by atoms with van der Waals surface area (Å²) in [5, 5.41) is 2.53. The zero-order chi connectivity index (χ0) is 18.9. The summed E-state index contributed by atoms with van der Waals surface area (Å²) < 4.78 is 4.56. The molecule has 0 aromatic heterocycles. The predicted octanol–water partition coefficient (Wildman–Crippen LogP) is 3.37. The maximum absolute atomic E-state index is 12.9. The van der Waals surface area contributed by atoms with Crippen LogP contribution in [-0.4, -0.2) is 31.9 Å². The third kappa shape index (κ3) is 2.94. The molecule has 0 saturated carbocycles. The number of methoxy groups -OCH3 is 1. The summed E-state index contributed by atoms with van der Waals surface area (Å²) in [6, 6.07) is 14.1. The molecule has 1 aliphatic heterocycles. The van der Waals surface area contributed by atoms with Gasteiger partial charge in [-0.25, -0.2) is 4.79 Å². The number of para-hydroxylation sites is 1. The molecule has 1 unspecified atom stereocenters. The number of benzene rings is 2. The molecule has 26 heavy (non-hydrogen) atoms. The number of ether oxygens (including phenoxy) is 1. The number of rotatable bonds is 4. The van der Waals surface area contributed by atoms with Gasteiger partial charge in [0.25, 0.3) is 0 Å². The Balaban J connectivity index is 1.87. The molecule has 3 rings (SSSR count). The van der Waals surface area contributed by atoms with Gasteiger partial charge in [0.15, 0.2) is 5.78 Å². The monoisotopic (exact) mass is 352 g/mol. The fraction of sp³-hybridized carbons (Fsp3) is 0.250. The summed E-state index contributed by atoms with van der Waals surface area (Å²) in [6.45, 7) is 1.80. The Hall–Kier alpha value is -3.15. The number of amides is 2. The molecule has 2 aromatic rings. The lowest BCUT2D eigenvalue weighted by Crippen LogP contribution is -2.37. The van der Waals surface area contributed by atoms with E-state index in [0.29, 0.717) is 11.3 Å². The lowest BCUT2D eigenvalue weighted by Gasteiger charge is -2.22. The number of hydrogen-bond acceptors (Lipinski definition) is 4. The third-order valence-corrected chi connectivity index (χ3v) is 4.77. The van der Waals surface area contributed by atoms with Crippen molar-refractivity contribution in [1.82, 2.24) is 0 Å². The minimum absolute atomic E-state index is 0.0505. The lowest BCUT2D eigenvalue weighted by atomic mass is 9.78. The van der Waals surface area contributed by atoms with Gasteiger partial charge in [0.1, 0.15) is 0 Å². The van der Waals surface area contributed by atoms with Crippen LogP contribution in [0.5, 0.6) is 0 Å². The molecule has 0 spiro atoms. The van der Waals surface area contributed by atoms with Gasteiger partial charge in [0.2, 0.25) is 5.91 Å². The first kappa shape index (κ1) is 17.7. The summed E-state index contributed by atoms with van der Waals surface area (Å²) in [5.41, 5.74) is 1.66. The molecule has 2 aromatic carbocycles. The van der Waals surface area contributed by atoms with E-state index >= 15 is 0 Å². The van der Waals surface area contributed by atoms with E-state index in [9.17, 15) is 14.4 Å². The highest BCUT2D eigenvalue weighted by molar-refractivity contribution is 6.11. The largest absolute Gasteiger partial charge is 0.453 e. The van der Waals surface area contributed by atoms with Crippen molar-refractivity contribution in [1.29, 1.82) is 0 Å². The van der Waals surface area contributed by atoms with Gasteiger partial charge in [0, 0.05) is 30.4 Å². The SMILES string of the molecule is COC(=O)Nc1cccc(C(=O)CC2(C)C(=O)N(C)c3ccccc32)c1. The van der Waals surface area contributed by atoms with E-state index in [0.717, 1.165) is 11.3 Å². The van der Waals surface area contributed by atoms with Crippen molar-refractivity contribution >= 4 is 29.2 Å². The fourth-order valence-electron chi connectivity index (χ4n) is 3.36. The highest BCUT2D eigenvalue weighted by atomic mass is 16.5. The van der Waals surface area contributed by atoms with E-state index in [1.807, 2.05) is 24.3 Å². The van der Waals surface area contributed by atoms with Crippen molar-refractivity contribution in [2.45, 2.75) is 18.8 Å². The highest BCUT2D eigenvalue weighted by Crippen LogP contribution is 2.43. The molecule has 0 bridgehead atoms. The Labute approximate surface area is 151 Å². The average molecular weight is 352 g/mol. The van der Waals surface area contributed by atoms with Crippen LogP contribution in [0.3, 0.4) is 0 Å². The van der Waals surface area contributed by atoms with Crippen molar-refractivity contribution in [3.63, 3.8) is 0 Å². The zero-order valence-electron chi connectivity index (χ0n) is 14.9. The number of likely N-dealkylation sites (N-methyl/N-ethyl adjacent to an activating group) is 1. The first-order valence-electron chi connectivity index (χ1n) is 8.22.